The number of halogens is 2. The fourth-order valence-corrected chi connectivity index (χ4v) is 3.48. The van der Waals surface area contributed by atoms with E-state index in [1.807, 2.05) is 18.2 Å². The Labute approximate surface area is 194 Å². The third-order valence-electron chi connectivity index (χ3n) is 4.46. The van der Waals surface area contributed by atoms with E-state index in [0.717, 1.165) is 5.69 Å². The zero-order chi connectivity index (χ0) is 22.5. The molecule has 0 atom stereocenters. The Bertz CT molecular complexity index is 1240. The number of carbonyl (C=O) groups is 2. The van der Waals surface area contributed by atoms with Crippen LogP contribution < -0.4 is 10.6 Å². The maximum Gasteiger partial charge on any atom is 0.256 e. The number of pyridine rings is 1. The van der Waals surface area contributed by atoms with Crippen LogP contribution >= 0.6 is 23.2 Å². The molecule has 2 heterocycles. The second kappa shape index (κ2) is 9.64. The van der Waals surface area contributed by atoms with Crippen molar-refractivity contribution in [2.24, 2.45) is 0 Å². The van der Waals surface area contributed by atoms with Crippen molar-refractivity contribution in [2.45, 2.75) is 6.54 Å². The Kier molecular flexibility index (Phi) is 6.49. The van der Waals surface area contributed by atoms with Gasteiger partial charge >= 0.3 is 0 Å². The van der Waals surface area contributed by atoms with E-state index in [2.05, 4.69) is 20.7 Å². The number of nitrogens with one attached hydrogen (secondary N) is 2. The van der Waals surface area contributed by atoms with Gasteiger partial charge in [0.2, 0.25) is 0 Å². The van der Waals surface area contributed by atoms with Crippen LogP contribution in [0.2, 0.25) is 10.0 Å². The molecule has 0 spiro atoms. The minimum Gasteiger partial charge on any atom is -0.322 e. The molecule has 0 aliphatic heterocycles. The molecule has 0 aliphatic rings. The lowest BCUT2D eigenvalue weighted by Gasteiger charge is -2.08. The van der Waals surface area contributed by atoms with Crippen molar-refractivity contribution in [3.05, 3.63) is 106 Å². The molecule has 0 radical (unpaired) electrons. The van der Waals surface area contributed by atoms with Gasteiger partial charge in [-0.1, -0.05) is 29.3 Å². The fraction of sp³-hybridized carbons (Fsp3) is 0.0435. The summed E-state index contributed by atoms with van der Waals surface area (Å²) in [5, 5.41) is 10.6. The smallest absolute Gasteiger partial charge is 0.256 e. The molecule has 0 fully saturated rings. The van der Waals surface area contributed by atoms with E-state index in [9.17, 15) is 9.59 Å². The molecule has 0 saturated carbocycles. The number of carbonyl (C=O) groups excluding carboxylic acids is 2. The number of hydrogen-bond donors (Lipinski definition) is 2. The summed E-state index contributed by atoms with van der Waals surface area (Å²) in [5.41, 5.74) is 2.16. The molecule has 160 valence electrons. The molecular weight excluding hydrogens is 449 g/mol. The van der Waals surface area contributed by atoms with E-state index in [-0.39, 0.29) is 11.8 Å². The summed E-state index contributed by atoms with van der Waals surface area (Å²) in [6, 6.07) is 18.5. The van der Waals surface area contributed by atoms with Crippen molar-refractivity contribution in [1.82, 2.24) is 14.8 Å². The Morgan fingerprint density at radius 3 is 2.25 bits per heavy atom. The van der Waals surface area contributed by atoms with Gasteiger partial charge < -0.3 is 10.6 Å². The fourth-order valence-electron chi connectivity index (χ4n) is 2.96. The number of anilines is 2. The van der Waals surface area contributed by atoms with Crippen LogP contribution in [0.3, 0.4) is 0 Å². The summed E-state index contributed by atoms with van der Waals surface area (Å²) >= 11 is 11.9. The lowest BCUT2D eigenvalue weighted by atomic mass is 10.1. The topological polar surface area (TPSA) is 88.9 Å². The summed E-state index contributed by atoms with van der Waals surface area (Å²) in [6.45, 7) is 0.503. The van der Waals surface area contributed by atoms with E-state index in [0.29, 0.717) is 39.2 Å². The normalized spacial score (nSPS) is 10.6. The van der Waals surface area contributed by atoms with Gasteiger partial charge in [-0.05, 0) is 54.6 Å². The van der Waals surface area contributed by atoms with E-state index in [4.69, 9.17) is 23.2 Å². The van der Waals surface area contributed by atoms with Crippen molar-refractivity contribution in [3.8, 4) is 0 Å². The van der Waals surface area contributed by atoms with Crippen LogP contribution in [0.25, 0.3) is 0 Å². The second-order valence-electron chi connectivity index (χ2n) is 6.86. The lowest BCUT2D eigenvalue weighted by molar-refractivity contribution is 0.101. The Balaban J connectivity index is 1.36. The predicted molar refractivity (Wildman–Crippen MR) is 124 cm³/mol. The highest BCUT2D eigenvalue weighted by molar-refractivity contribution is 6.35. The third kappa shape index (κ3) is 5.51. The first-order chi connectivity index (χ1) is 15.5. The lowest BCUT2D eigenvalue weighted by Crippen LogP contribution is -2.14. The molecule has 0 aliphatic carbocycles. The minimum absolute atomic E-state index is 0.312. The van der Waals surface area contributed by atoms with E-state index in [1.54, 1.807) is 53.5 Å². The molecule has 0 bridgehead atoms. The van der Waals surface area contributed by atoms with Crippen LogP contribution in [-0.4, -0.2) is 26.6 Å². The first-order valence-electron chi connectivity index (χ1n) is 9.58. The zero-order valence-electron chi connectivity index (χ0n) is 16.6. The maximum atomic E-state index is 12.5. The molecule has 7 nitrogen and oxygen atoms in total. The Morgan fingerprint density at radius 2 is 1.56 bits per heavy atom. The average molecular weight is 466 g/mol. The highest BCUT2D eigenvalue weighted by atomic mass is 35.5. The predicted octanol–water partition coefficient (Wildman–Crippen LogP) is 5.14. The molecule has 32 heavy (non-hydrogen) atoms. The molecule has 2 amide bonds. The minimum atomic E-state index is -0.356. The van der Waals surface area contributed by atoms with Gasteiger partial charge in [0, 0.05) is 45.3 Å². The van der Waals surface area contributed by atoms with Crippen molar-refractivity contribution >= 4 is 46.5 Å². The monoisotopic (exact) mass is 465 g/mol. The highest BCUT2D eigenvalue weighted by Crippen LogP contribution is 2.20. The number of amides is 2. The van der Waals surface area contributed by atoms with Gasteiger partial charge in [-0.15, -0.1) is 0 Å². The molecule has 2 aromatic heterocycles. The van der Waals surface area contributed by atoms with E-state index >= 15 is 0 Å². The third-order valence-corrected chi connectivity index (χ3v) is 4.90. The summed E-state index contributed by atoms with van der Waals surface area (Å²) < 4.78 is 1.69. The molecule has 0 unspecified atom stereocenters. The van der Waals surface area contributed by atoms with Crippen molar-refractivity contribution in [3.63, 3.8) is 0 Å². The number of benzene rings is 2. The van der Waals surface area contributed by atoms with Crippen LogP contribution in [-0.2, 0) is 6.54 Å². The first-order valence-corrected chi connectivity index (χ1v) is 10.3. The van der Waals surface area contributed by atoms with E-state index < -0.39 is 0 Å². The summed E-state index contributed by atoms with van der Waals surface area (Å²) in [7, 11) is 0. The number of rotatable bonds is 6. The maximum absolute atomic E-state index is 12.5. The van der Waals surface area contributed by atoms with Crippen LogP contribution in [0.5, 0.6) is 0 Å². The molecule has 4 rings (SSSR count). The molecule has 4 aromatic rings. The molecular formula is C23H17Cl2N5O2. The van der Waals surface area contributed by atoms with Gasteiger partial charge in [0.05, 0.1) is 12.2 Å². The van der Waals surface area contributed by atoms with Gasteiger partial charge in [-0.25, -0.2) is 0 Å². The largest absolute Gasteiger partial charge is 0.322 e. The Hall–Kier alpha value is -3.68. The van der Waals surface area contributed by atoms with Crippen molar-refractivity contribution in [2.75, 3.05) is 10.6 Å². The second-order valence-corrected chi connectivity index (χ2v) is 7.74. The quantitative estimate of drug-likeness (QED) is 0.412. The summed E-state index contributed by atoms with van der Waals surface area (Å²) in [6.07, 6.45) is 3.49. The molecule has 2 aromatic carbocycles. The van der Waals surface area contributed by atoms with Crippen LogP contribution in [0.4, 0.5) is 11.5 Å². The molecule has 9 heteroatoms. The van der Waals surface area contributed by atoms with Crippen LogP contribution in [0, 0.1) is 0 Å². The standard InChI is InChI=1S/C23H17Cl2N5O2/c24-17-11-16(12-18(25)13-17)23(32)27-19-6-4-15(5-7-19)22(31)28-21-8-10-30(29-21)14-20-3-1-2-9-26-20/h1-13H,14H2,(H,27,32)(H,28,29,31). The van der Waals surface area contributed by atoms with Gasteiger partial charge in [0.15, 0.2) is 5.82 Å². The SMILES string of the molecule is O=C(Nc1ccc(C(=O)Nc2ccn(Cc3ccccn3)n2)cc1)c1cc(Cl)cc(Cl)c1. The van der Waals surface area contributed by atoms with Gasteiger partial charge in [-0.2, -0.15) is 5.10 Å². The molecule has 2 N–H and O–H groups in total. The average Bonchev–Trinajstić information content (AvgIpc) is 3.21. The van der Waals surface area contributed by atoms with Crippen LogP contribution in [0.1, 0.15) is 26.4 Å². The first kappa shape index (κ1) is 21.5. The number of hydrogen-bond acceptors (Lipinski definition) is 4. The zero-order valence-corrected chi connectivity index (χ0v) is 18.1. The number of aromatic nitrogens is 3. The summed E-state index contributed by atoms with van der Waals surface area (Å²) in [5.74, 6) is -0.237. The highest BCUT2D eigenvalue weighted by Gasteiger charge is 2.11. The van der Waals surface area contributed by atoms with Crippen LogP contribution in [0.15, 0.2) is 79.1 Å². The van der Waals surface area contributed by atoms with Crippen molar-refractivity contribution < 1.29 is 9.59 Å². The van der Waals surface area contributed by atoms with E-state index in [1.165, 1.54) is 12.1 Å². The van der Waals surface area contributed by atoms with Gasteiger partial charge in [-0.3, -0.25) is 19.3 Å². The Morgan fingerprint density at radius 1 is 0.844 bits per heavy atom. The van der Waals surface area contributed by atoms with Crippen molar-refractivity contribution in [1.29, 1.82) is 0 Å². The summed E-state index contributed by atoms with van der Waals surface area (Å²) in [4.78, 5) is 29.2. The van der Waals surface area contributed by atoms with Gasteiger partial charge in [0.1, 0.15) is 0 Å². The van der Waals surface area contributed by atoms with Gasteiger partial charge in [0.25, 0.3) is 11.8 Å². The molecule has 0 saturated heterocycles. The number of nitrogens with zero attached hydrogens (tertiary/aromatic N) is 3.